The Bertz CT molecular complexity index is 1040. The fourth-order valence-electron chi connectivity index (χ4n) is 2.56. The predicted molar refractivity (Wildman–Crippen MR) is 105 cm³/mol. The van der Waals surface area contributed by atoms with E-state index in [1.54, 1.807) is 60.7 Å². The molecule has 0 aliphatic heterocycles. The van der Waals surface area contributed by atoms with E-state index in [0.29, 0.717) is 22.6 Å². The molecule has 0 atom stereocenters. The summed E-state index contributed by atoms with van der Waals surface area (Å²) in [5, 5.41) is 11.6. The summed E-state index contributed by atoms with van der Waals surface area (Å²) < 4.78 is 5.25. The molecule has 3 rings (SSSR count). The highest BCUT2D eigenvalue weighted by atomic mass is 16.4. The van der Waals surface area contributed by atoms with Crippen molar-refractivity contribution in [3.05, 3.63) is 83.6 Å². The van der Waals surface area contributed by atoms with Crippen LogP contribution in [0.15, 0.2) is 71.2 Å². The molecular weight excluding hydrogens is 358 g/mol. The molecule has 0 spiro atoms. The molecule has 1 heterocycles. The molecule has 0 saturated carbocycles. The summed E-state index contributed by atoms with van der Waals surface area (Å²) in [6.45, 7) is 1.44. The lowest BCUT2D eigenvalue weighted by atomic mass is 10.1. The van der Waals surface area contributed by atoms with Crippen LogP contribution in [-0.2, 0) is 4.79 Å². The van der Waals surface area contributed by atoms with Gasteiger partial charge in [0, 0.05) is 23.7 Å². The molecular formula is C22H17NO5. The fraction of sp³-hybridized carbons (Fsp3) is 0.0455. The fourth-order valence-corrected chi connectivity index (χ4v) is 2.56. The summed E-state index contributed by atoms with van der Waals surface area (Å²) >= 11 is 0. The molecule has 0 aliphatic carbocycles. The number of carbonyl (C=O) groups is 3. The lowest BCUT2D eigenvalue weighted by Gasteiger charge is -2.02. The maximum absolute atomic E-state index is 12.3. The van der Waals surface area contributed by atoms with E-state index in [9.17, 15) is 14.4 Å². The average molecular weight is 375 g/mol. The average Bonchev–Trinajstić information content (AvgIpc) is 3.17. The van der Waals surface area contributed by atoms with Crippen molar-refractivity contribution >= 4 is 29.4 Å². The van der Waals surface area contributed by atoms with Crippen molar-refractivity contribution in [1.29, 1.82) is 0 Å². The number of aromatic carboxylic acids is 1. The van der Waals surface area contributed by atoms with E-state index in [1.807, 2.05) is 0 Å². The van der Waals surface area contributed by atoms with Gasteiger partial charge in [-0.25, -0.2) is 4.79 Å². The highest BCUT2D eigenvalue weighted by Crippen LogP contribution is 2.23. The number of carbonyl (C=O) groups excluding carboxylic acids is 2. The Hall–Kier alpha value is -3.93. The number of anilines is 1. The summed E-state index contributed by atoms with van der Waals surface area (Å²) in [5.41, 5.74) is 2.70. The predicted octanol–water partition coefficient (Wildman–Crippen LogP) is 4.50. The lowest BCUT2D eigenvalue weighted by molar-refractivity contribution is -0.114. The van der Waals surface area contributed by atoms with Gasteiger partial charge in [0.2, 0.25) is 11.7 Å². The maximum Gasteiger partial charge on any atom is 0.371 e. The normalized spacial score (nSPS) is 10.8. The van der Waals surface area contributed by atoms with Gasteiger partial charge in [-0.05, 0) is 35.9 Å². The summed E-state index contributed by atoms with van der Waals surface area (Å²) in [4.78, 5) is 34.2. The van der Waals surface area contributed by atoms with Crippen LogP contribution in [0.1, 0.15) is 33.4 Å². The minimum atomic E-state index is -1.13. The van der Waals surface area contributed by atoms with Crippen LogP contribution in [0.3, 0.4) is 0 Å². The summed E-state index contributed by atoms with van der Waals surface area (Å²) in [5.74, 6) is -1.15. The van der Waals surface area contributed by atoms with Crippen molar-refractivity contribution in [2.75, 3.05) is 5.32 Å². The second-order valence-corrected chi connectivity index (χ2v) is 6.05. The third kappa shape index (κ3) is 4.62. The van der Waals surface area contributed by atoms with Crippen LogP contribution in [0, 0.1) is 0 Å². The Morgan fingerprint density at radius 3 is 2.18 bits per heavy atom. The standard InChI is InChI=1S/C22H17NO5/c1-14(24)23-18-9-2-15(3-10-18)4-11-19(25)16-5-7-17(8-6-16)20-12-13-21(28-20)22(26)27/h2-13H,1H3,(H,23,24)(H,26,27). The number of hydrogen-bond acceptors (Lipinski definition) is 4. The number of furan rings is 1. The zero-order valence-corrected chi connectivity index (χ0v) is 15.0. The first-order valence-corrected chi connectivity index (χ1v) is 8.46. The number of benzene rings is 2. The number of allylic oxidation sites excluding steroid dienone is 1. The number of rotatable bonds is 6. The number of carboxylic acid groups (broad SMARTS) is 1. The zero-order chi connectivity index (χ0) is 20.1. The molecule has 140 valence electrons. The highest BCUT2D eigenvalue weighted by Gasteiger charge is 2.11. The summed E-state index contributed by atoms with van der Waals surface area (Å²) in [6.07, 6.45) is 3.16. The molecule has 2 N–H and O–H groups in total. The van der Waals surface area contributed by atoms with Crippen molar-refractivity contribution in [2.45, 2.75) is 6.92 Å². The van der Waals surface area contributed by atoms with Gasteiger partial charge in [0.25, 0.3) is 0 Å². The quantitative estimate of drug-likeness (QED) is 0.488. The Morgan fingerprint density at radius 1 is 0.929 bits per heavy atom. The van der Waals surface area contributed by atoms with E-state index in [-0.39, 0.29) is 17.5 Å². The smallest absolute Gasteiger partial charge is 0.371 e. The van der Waals surface area contributed by atoms with E-state index >= 15 is 0 Å². The highest BCUT2D eigenvalue weighted by molar-refractivity contribution is 6.07. The van der Waals surface area contributed by atoms with Crippen LogP contribution < -0.4 is 5.32 Å². The van der Waals surface area contributed by atoms with E-state index < -0.39 is 5.97 Å². The number of hydrogen-bond donors (Lipinski definition) is 2. The first-order valence-electron chi connectivity index (χ1n) is 8.46. The van der Waals surface area contributed by atoms with Gasteiger partial charge in [-0.15, -0.1) is 0 Å². The van der Waals surface area contributed by atoms with Crippen LogP contribution in [-0.4, -0.2) is 22.8 Å². The van der Waals surface area contributed by atoms with Crippen molar-refractivity contribution < 1.29 is 23.9 Å². The van der Waals surface area contributed by atoms with E-state index in [1.165, 1.54) is 19.1 Å². The van der Waals surface area contributed by atoms with E-state index in [4.69, 9.17) is 9.52 Å². The SMILES string of the molecule is CC(=O)Nc1ccc(C=CC(=O)c2ccc(-c3ccc(C(=O)O)o3)cc2)cc1. The molecule has 0 saturated heterocycles. The van der Waals surface area contributed by atoms with Crippen LogP contribution in [0.5, 0.6) is 0 Å². The molecule has 1 aromatic heterocycles. The molecule has 2 aromatic carbocycles. The van der Waals surface area contributed by atoms with Crippen molar-refractivity contribution in [2.24, 2.45) is 0 Å². The monoisotopic (exact) mass is 375 g/mol. The van der Waals surface area contributed by atoms with Gasteiger partial charge < -0.3 is 14.8 Å². The van der Waals surface area contributed by atoms with E-state index in [2.05, 4.69) is 5.32 Å². The van der Waals surface area contributed by atoms with Crippen LogP contribution in [0.2, 0.25) is 0 Å². The Balaban J connectivity index is 1.67. The minimum Gasteiger partial charge on any atom is -0.475 e. The van der Waals surface area contributed by atoms with Gasteiger partial charge in [0.1, 0.15) is 5.76 Å². The molecule has 0 radical (unpaired) electrons. The second-order valence-electron chi connectivity index (χ2n) is 6.05. The lowest BCUT2D eigenvalue weighted by Crippen LogP contribution is -2.05. The molecule has 28 heavy (non-hydrogen) atoms. The van der Waals surface area contributed by atoms with Gasteiger partial charge in [0.15, 0.2) is 5.78 Å². The van der Waals surface area contributed by atoms with Crippen molar-refractivity contribution in [3.63, 3.8) is 0 Å². The molecule has 0 fully saturated rings. The number of ketones is 1. The summed E-state index contributed by atoms with van der Waals surface area (Å²) in [6, 6.07) is 16.8. The molecule has 6 nitrogen and oxygen atoms in total. The van der Waals surface area contributed by atoms with Gasteiger partial charge in [-0.3, -0.25) is 9.59 Å². The largest absolute Gasteiger partial charge is 0.475 e. The maximum atomic E-state index is 12.3. The third-order valence-corrected chi connectivity index (χ3v) is 3.93. The third-order valence-electron chi connectivity index (χ3n) is 3.93. The first-order chi connectivity index (χ1) is 13.4. The van der Waals surface area contributed by atoms with Crippen molar-refractivity contribution in [3.8, 4) is 11.3 Å². The number of amides is 1. The molecule has 0 unspecified atom stereocenters. The number of carboxylic acids is 1. The van der Waals surface area contributed by atoms with Crippen molar-refractivity contribution in [1.82, 2.24) is 0 Å². The van der Waals surface area contributed by atoms with Gasteiger partial charge in [-0.2, -0.15) is 0 Å². The topological polar surface area (TPSA) is 96.6 Å². The minimum absolute atomic E-state index is 0.136. The summed E-state index contributed by atoms with van der Waals surface area (Å²) in [7, 11) is 0. The molecule has 0 aliphatic rings. The zero-order valence-electron chi connectivity index (χ0n) is 15.0. The molecule has 0 bridgehead atoms. The van der Waals surface area contributed by atoms with Gasteiger partial charge >= 0.3 is 5.97 Å². The van der Waals surface area contributed by atoms with Crippen LogP contribution in [0.4, 0.5) is 5.69 Å². The van der Waals surface area contributed by atoms with Crippen LogP contribution in [0.25, 0.3) is 17.4 Å². The molecule has 3 aromatic rings. The van der Waals surface area contributed by atoms with Gasteiger partial charge in [-0.1, -0.05) is 42.5 Å². The number of nitrogens with one attached hydrogen (secondary N) is 1. The van der Waals surface area contributed by atoms with E-state index in [0.717, 1.165) is 5.56 Å². The van der Waals surface area contributed by atoms with Gasteiger partial charge in [0.05, 0.1) is 0 Å². The molecule has 1 amide bonds. The molecule has 6 heteroatoms. The Kier molecular flexibility index (Phi) is 5.50. The first kappa shape index (κ1) is 18.8. The Labute approximate surface area is 161 Å². The second kappa shape index (κ2) is 8.18. The van der Waals surface area contributed by atoms with Crippen LogP contribution >= 0.6 is 0 Å². The Morgan fingerprint density at radius 2 is 1.61 bits per heavy atom.